The van der Waals surface area contributed by atoms with E-state index in [0.717, 1.165) is 6.07 Å². The van der Waals surface area contributed by atoms with E-state index in [1.54, 1.807) is 0 Å². The van der Waals surface area contributed by atoms with Crippen molar-refractivity contribution in [3.63, 3.8) is 0 Å². The van der Waals surface area contributed by atoms with Gasteiger partial charge in [-0.15, -0.1) is 11.6 Å². The molecule has 0 aromatic heterocycles. The molecule has 0 atom stereocenters. The Morgan fingerprint density at radius 1 is 1.36 bits per heavy atom. The maximum atomic E-state index is 12.4. The summed E-state index contributed by atoms with van der Waals surface area (Å²) in [5.41, 5.74) is 4.45. The molecule has 1 nitrogen and oxygen atoms in total. The molecule has 0 bridgehead atoms. The highest BCUT2D eigenvalue weighted by molar-refractivity contribution is 9.10. The molecule has 0 radical (unpaired) electrons. The third-order valence-corrected chi connectivity index (χ3v) is 2.69. The molecule has 1 aromatic rings. The number of halogens is 5. The van der Waals surface area contributed by atoms with Crippen molar-refractivity contribution < 1.29 is 13.2 Å². The lowest BCUT2D eigenvalue weighted by Crippen LogP contribution is -2.09. The Balaban J connectivity index is 3.32. The van der Waals surface area contributed by atoms with Crippen molar-refractivity contribution in [2.24, 2.45) is 0 Å². The number of alkyl halides is 4. The van der Waals surface area contributed by atoms with E-state index in [9.17, 15) is 13.2 Å². The summed E-state index contributed by atoms with van der Waals surface area (Å²) in [6.45, 7) is 0. The second kappa shape index (κ2) is 3.98. The lowest BCUT2D eigenvalue weighted by molar-refractivity contribution is -0.136. The van der Waals surface area contributed by atoms with E-state index in [2.05, 4.69) is 15.9 Å². The van der Waals surface area contributed by atoms with E-state index >= 15 is 0 Å². The van der Waals surface area contributed by atoms with Gasteiger partial charge in [0.05, 0.1) is 5.56 Å². The summed E-state index contributed by atoms with van der Waals surface area (Å²) < 4.78 is 37.6. The van der Waals surface area contributed by atoms with Gasteiger partial charge in [-0.25, -0.2) is 0 Å². The average molecular weight is 288 g/mol. The minimum absolute atomic E-state index is 0.00391. The number of hydrogen-bond acceptors (Lipinski definition) is 1. The average Bonchev–Trinajstić information content (AvgIpc) is 2.02. The smallest absolute Gasteiger partial charge is 0.398 e. The lowest BCUT2D eigenvalue weighted by atomic mass is 10.1. The van der Waals surface area contributed by atoms with Crippen molar-refractivity contribution in [3.05, 3.63) is 27.7 Å². The van der Waals surface area contributed by atoms with Crippen molar-refractivity contribution >= 4 is 33.2 Å². The van der Waals surface area contributed by atoms with E-state index in [-0.39, 0.29) is 11.6 Å². The molecule has 6 heteroatoms. The second-order valence-corrected chi connectivity index (χ2v) is 3.78. The van der Waals surface area contributed by atoms with Crippen molar-refractivity contribution in [1.82, 2.24) is 0 Å². The molecule has 0 unspecified atom stereocenters. The number of nitrogens with two attached hydrogens (primary N) is 1. The van der Waals surface area contributed by atoms with Gasteiger partial charge in [-0.3, -0.25) is 0 Å². The maximum Gasteiger partial charge on any atom is 0.418 e. The van der Waals surface area contributed by atoms with Crippen LogP contribution in [0.4, 0.5) is 18.9 Å². The molecule has 0 aliphatic heterocycles. The molecule has 0 saturated carbocycles. The summed E-state index contributed by atoms with van der Waals surface area (Å²) >= 11 is 8.54. The molecule has 0 heterocycles. The van der Waals surface area contributed by atoms with Crippen LogP contribution in [0, 0.1) is 0 Å². The van der Waals surface area contributed by atoms with Gasteiger partial charge in [-0.1, -0.05) is 15.9 Å². The first kappa shape index (κ1) is 11.7. The van der Waals surface area contributed by atoms with Gasteiger partial charge in [0.1, 0.15) is 0 Å². The third kappa shape index (κ3) is 2.33. The van der Waals surface area contributed by atoms with Crippen molar-refractivity contribution in [1.29, 1.82) is 0 Å². The molecule has 2 N–H and O–H groups in total. The van der Waals surface area contributed by atoms with Crippen molar-refractivity contribution in [2.45, 2.75) is 12.1 Å². The molecule has 1 aromatic carbocycles. The molecular weight excluding hydrogens is 282 g/mol. The van der Waals surface area contributed by atoms with Crippen LogP contribution in [0.3, 0.4) is 0 Å². The van der Waals surface area contributed by atoms with E-state index in [4.69, 9.17) is 17.3 Å². The van der Waals surface area contributed by atoms with E-state index in [1.807, 2.05) is 0 Å². The Kier molecular flexibility index (Phi) is 3.32. The minimum Gasteiger partial charge on any atom is -0.398 e. The Morgan fingerprint density at radius 2 is 1.93 bits per heavy atom. The zero-order valence-corrected chi connectivity index (χ0v) is 9.17. The summed E-state index contributed by atoms with van der Waals surface area (Å²) in [7, 11) is 0. The van der Waals surface area contributed by atoms with E-state index in [1.165, 1.54) is 6.07 Å². The standard InChI is InChI=1S/C8H6BrClF3N/c9-6-2-7(14)5(8(11,12)13)1-4(6)3-10/h1-2H,3,14H2. The van der Waals surface area contributed by atoms with E-state index in [0.29, 0.717) is 10.0 Å². The second-order valence-electron chi connectivity index (χ2n) is 2.66. The molecule has 0 fully saturated rings. The third-order valence-electron chi connectivity index (χ3n) is 1.67. The lowest BCUT2D eigenvalue weighted by Gasteiger charge is -2.12. The molecule has 0 aliphatic rings. The molecular formula is C8H6BrClF3N. The first-order chi connectivity index (χ1) is 6.36. The van der Waals surface area contributed by atoms with Gasteiger partial charge in [0, 0.05) is 16.0 Å². The number of anilines is 1. The predicted molar refractivity (Wildman–Crippen MR) is 53.1 cm³/mol. The highest BCUT2D eigenvalue weighted by atomic mass is 79.9. The summed E-state index contributed by atoms with van der Waals surface area (Å²) in [4.78, 5) is 0. The van der Waals surface area contributed by atoms with Crippen LogP contribution in [-0.2, 0) is 12.1 Å². The summed E-state index contributed by atoms with van der Waals surface area (Å²) in [6.07, 6.45) is -4.44. The Labute approximate surface area is 92.2 Å². The fraction of sp³-hybridized carbons (Fsp3) is 0.250. The largest absolute Gasteiger partial charge is 0.418 e. The first-order valence-electron chi connectivity index (χ1n) is 3.57. The van der Waals surface area contributed by atoms with Gasteiger partial charge in [0.2, 0.25) is 0 Å². The van der Waals surface area contributed by atoms with Crippen molar-refractivity contribution in [3.8, 4) is 0 Å². The van der Waals surface area contributed by atoms with Crippen LogP contribution in [0.15, 0.2) is 16.6 Å². The topological polar surface area (TPSA) is 26.0 Å². The zero-order valence-electron chi connectivity index (χ0n) is 6.83. The number of nitrogen functional groups attached to an aromatic ring is 1. The normalized spacial score (nSPS) is 11.8. The minimum atomic E-state index is -4.44. The monoisotopic (exact) mass is 287 g/mol. The molecule has 0 saturated heterocycles. The van der Waals surface area contributed by atoms with Gasteiger partial charge >= 0.3 is 6.18 Å². The van der Waals surface area contributed by atoms with Crippen LogP contribution in [0.25, 0.3) is 0 Å². The van der Waals surface area contributed by atoms with Gasteiger partial charge in [0.15, 0.2) is 0 Å². The molecule has 0 aliphatic carbocycles. The van der Waals surface area contributed by atoms with Gasteiger partial charge in [0.25, 0.3) is 0 Å². The Hall–Kier alpha value is -0.420. The fourth-order valence-electron chi connectivity index (χ4n) is 0.981. The quantitative estimate of drug-likeness (QED) is 0.617. The number of hydrogen-bond donors (Lipinski definition) is 1. The Morgan fingerprint density at radius 3 is 2.36 bits per heavy atom. The molecule has 14 heavy (non-hydrogen) atoms. The summed E-state index contributed by atoms with van der Waals surface area (Å²) in [5.74, 6) is 0.00391. The summed E-state index contributed by atoms with van der Waals surface area (Å²) in [6, 6.07) is 2.16. The fourth-order valence-corrected chi connectivity index (χ4v) is 1.87. The molecule has 0 spiro atoms. The maximum absolute atomic E-state index is 12.4. The van der Waals surface area contributed by atoms with Gasteiger partial charge < -0.3 is 5.73 Å². The number of rotatable bonds is 1. The van der Waals surface area contributed by atoms with Crippen LogP contribution >= 0.6 is 27.5 Å². The highest BCUT2D eigenvalue weighted by Gasteiger charge is 2.33. The highest BCUT2D eigenvalue weighted by Crippen LogP contribution is 2.36. The number of benzene rings is 1. The zero-order chi connectivity index (χ0) is 10.9. The van der Waals surface area contributed by atoms with Crippen LogP contribution in [-0.4, -0.2) is 0 Å². The van der Waals surface area contributed by atoms with E-state index < -0.39 is 11.7 Å². The van der Waals surface area contributed by atoms with Gasteiger partial charge in [-0.05, 0) is 17.7 Å². The van der Waals surface area contributed by atoms with Gasteiger partial charge in [-0.2, -0.15) is 13.2 Å². The summed E-state index contributed by atoms with van der Waals surface area (Å²) in [5, 5.41) is 0. The molecule has 0 amide bonds. The first-order valence-corrected chi connectivity index (χ1v) is 4.90. The van der Waals surface area contributed by atoms with Crippen LogP contribution in [0.5, 0.6) is 0 Å². The predicted octanol–water partition coefficient (Wildman–Crippen LogP) is 3.79. The molecule has 78 valence electrons. The van der Waals surface area contributed by atoms with Crippen LogP contribution in [0.1, 0.15) is 11.1 Å². The van der Waals surface area contributed by atoms with Crippen molar-refractivity contribution in [2.75, 3.05) is 5.73 Å². The Bertz CT molecular complexity index is 351. The van der Waals surface area contributed by atoms with Crippen LogP contribution in [0.2, 0.25) is 0 Å². The molecule has 1 rings (SSSR count). The van der Waals surface area contributed by atoms with Crippen LogP contribution < -0.4 is 5.73 Å². The SMILES string of the molecule is Nc1cc(Br)c(CCl)cc1C(F)(F)F.